The van der Waals surface area contributed by atoms with Gasteiger partial charge in [0.1, 0.15) is 6.54 Å². The fraction of sp³-hybridized carbons (Fsp3) is 0.500. The molecule has 6 nitrogen and oxygen atoms in total. The van der Waals surface area contributed by atoms with Crippen molar-refractivity contribution < 1.29 is 14.3 Å². The second-order valence-corrected chi connectivity index (χ2v) is 7.93. The number of aryl methyl sites for hydroxylation is 2. The lowest BCUT2D eigenvalue weighted by atomic mass is 10.0. The van der Waals surface area contributed by atoms with Gasteiger partial charge >= 0.3 is 0 Å². The maximum Gasteiger partial charge on any atom is 0.254 e. The van der Waals surface area contributed by atoms with Crippen LogP contribution in [-0.2, 0) is 16.0 Å². The third-order valence-electron chi connectivity index (χ3n) is 4.53. The smallest absolute Gasteiger partial charge is 0.254 e. The van der Waals surface area contributed by atoms with Crippen LogP contribution in [0.2, 0.25) is 0 Å². The Morgan fingerprint density at radius 3 is 2.55 bits per heavy atom. The van der Waals surface area contributed by atoms with Crippen LogP contribution in [0.25, 0.3) is 0 Å². The van der Waals surface area contributed by atoms with Gasteiger partial charge in [0, 0.05) is 31.2 Å². The first-order chi connectivity index (χ1) is 14.0. The van der Waals surface area contributed by atoms with Crippen molar-refractivity contribution in [2.24, 2.45) is 0 Å². The number of rotatable bonds is 12. The van der Waals surface area contributed by atoms with Crippen LogP contribution >= 0.6 is 11.3 Å². The van der Waals surface area contributed by atoms with E-state index in [0.29, 0.717) is 30.3 Å². The zero-order valence-corrected chi connectivity index (χ0v) is 18.4. The zero-order chi connectivity index (χ0) is 21.1. The summed E-state index contributed by atoms with van der Waals surface area (Å²) in [5.41, 5.74) is 2.69. The van der Waals surface area contributed by atoms with Gasteiger partial charge in [-0.15, -0.1) is 11.3 Å². The number of carbonyl (C=O) groups excluding carboxylic acids is 2. The van der Waals surface area contributed by atoms with Crippen LogP contribution in [0.15, 0.2) is 29.6 Å². The minimum atomic E-state index is -0.249. The van der Waals surface area contributed by atoms with Gasteiger partial charge in [0.2, 0.25) is 5.91 Å². The Bertz CT molecular complexity index is 774. The average Bonchev–Trinajstić information content (AvgIpc) is 3.12. The number of amides is 2. The molecule has 0 aliphatic heterocycles. The predicted molar refractivity (Wildman–Crippen MR) is 118 cm³/mol. The molecule has 2 rings (SSSR count). The van der Waals surface area contributed by atoms with Crippen LogP contribution in [0, 0.1) is 6.92 Å². The van der Waals surface area contributed by atoms with Crippen LogP contribution in [0.4, 0.5) is 5.13 Å². The molecule has 0 saturated heterocycles. The van der Waals surface area contributed by atoms with E-state index in [-0.39, 0.29) is 18.4 Å². The second kappa shape index (κ2) is 12.3. The van der Waals surface area contributed by atoms with Crippen LogP contribution < -0.4 is 5.32 Å². The molecule has 0 radical (unpaired) electrons. The molecule has 29 heavy (non-hydrogen) atoms. The predicted octanol–water partition coefficient (Wildman–Crippen LogP) is 4.30. The minimum Gasteiger partial charge on any atom is -0.385 e. The van der Waals surface area contributed by atoms with Crippen molar-refractivity contribution in [3.05, 3.63) is 46.5 Å². The van der Waals surface area contributed by atoms with Gasteiger partial charge in [-0.25, -0.2) is 4.98 Å². The number of methoxy groups -OCH3 is 1. The van der Waals surface area contributed by atoms with E-state index in [1.165, 1.54) is 29.7 Å². The molecule has 1 aromatic carbocycles. The van der Waals surface area contributed by atoms with Crippen molar-refractivity contribution in [2.45, 2.75) is 46.0 Å². The highest BCUT2D eigenvalue weighted by Crippen LogP contribution is 2.15. The van der Waals surface area contributed by atoms with Gasteiger partial charge in [-0.1, -0.05) is 31.9 Å². The van der Waals surface area contributed by atoms with E-state index in [2.05, 4.69) is 17.2 Å². The molecule has 2 aromatic rings. The van der Waals surface area contributed by atoms with Gasteiger partial charge < -0.3 is 15.0 Å². The quantitative estimate of drug-likeness (QED) is 0.523. The molecule has 0 atom stereocenters. The van der Waals surface area contributed by atoms with E-state index < -0.39 is 0 Å². The number of thiazole rings is 1. The first-order valence-corrected chi connectivity index (χ1v) is 11.0. The lowest BCUT2D eigenvalue weighted by molar-refractivity contribution is -0.116. The highest BCUT2D eigenvalue weighted by atomic mass is 32.1. The Balaban J connectivity index is 2.01. The Morgan fingerprint density at radius 2 is 1.93 bits per heavy atom. The molecule has 2 amide bonds. The highest BCUT2D eigenvalue weighted by molar-refractivity contribution is 7.13. The Hall–Kier alpha value is -2.25. The van der Waals surface area contributed by atoms with Crippen LogP contribution in [0.5, 0.6) is 0 Å². The van der Waals surface area contributed by atoms with Crippen LogP contribution in [0.3, 0.4) is 0 Å². The van der Waals surface area contributed by atoms with Crippen molar-refractivity contribution in [3.8, 4) is 0 Å². The fourth-order valence-electron chi connectivity index (χ4n) is 2.97. The molecule has 1 heterocycles. The maximum absolute atomic E-state index is 13.0. The summed E-state index contributed by atoms with van der Waals surface area (Å²) in [6.45, 7) is 5.03. The summed E-state index contributed by atoms with van der Waals surface area (Å²) >= 11 is 1.37. The molecule has 1 N–H and O–H groups in total. The first kappa shape index (κ1) is 23.0. The second-order valence-electron chi connectivity index (χ2n) is 7.07. The summed E-state index contributed by atoms with van der Waals surface area (Å²) in [7, 11) is 1.63. The Labute approximate surface area is 177 Å². The summed E-state index contributed by atoms with van der Waals surface area (Å²) < 4.78 is 5.10. The lowest BCUT2D eigenvalue weighted by Crippen LogP contribution is -2.39. The van der Waals surface area contributed by atoms with Crippen molar-refractivity contribution >= 4 is 28.3 Å². The molecule has 1 aromatic heterocycles. The summed E-state index contributed by atoms with van der Waals surface area (Å²) in [4.78, 5) is 31.2. The van der Waals surface area contributed by atoms with Gasteiger partial charge in [-0.3, -0.25) is 9.59 Å². The molecule has 0 fully saturated rings. The highest BCUT2D eigenvalue weighted by Gasteiger charge is 2.19. The summed E-state index contributed by atoms with van der Waals surface area (Å²) in [5.74, 6) is -0.395. The van der Waals surface area contributed by atoms with E-state index in [0.717, 1.165) is 18.5 Å². The van der Waals surface area contributed by atoms with Crippen LogP contribution in [0.1, 0.15) is 54.2 Å². The average molecular weight is 418 g/mol. The van der Waals surface area contributed by atoms with Crippen molar-refractivity contribution in [1.29, 1.82) is 0 Å². The number of unbranched alkanes of at least 4 members (excludes halogenated alkanes) is 2. The number of aromatic nitrogens is 1. The topological polar surface area (TPSA) is 71.5 Å². The largest absolute Gasteiger partial charge is 0.385 e. The summed E-state index contributed by atoms with van der Waals surface area (Å²) in [6.07, 6.45) is 5.25. The van der Waals surface area contributed by atoms with Gasteiger partial charge in [0.25, 0.3) is 5.91 Å². The van der Waals surface area contributed by atoms with Crippen LogP contribution in [-0.4, -0.2) is 48.5 Å². The normalized spacial score (nSPS) is 10.7. The fourth-order valence-corrected chi connectivity index (χ4v) is 3.68. The maximum atomic E-state index is 13.0. The number of ether oxygens (including phenoxy) is 1. The number of anilines is 1. The third-order valence-corrected chi connectivity index (χ3v) is 5.41. The van der Waals surface area contributed by atoms with E-state index in [9.17, 15) is 9.59 Å². The van der Waals surface area contributed by atoms with Crippen molar-refractivity contribution in [2.75, 3.05) is 32.1 Å². The number of hydrogen-bond acceptors (Lipinski definition) is 5. The molecule has 7 heteroatoms. The molecule has 0 bridgehead atoms. The first-order valence-electron chi connectivity index (χ1n) is 10.1. The molecular weight excluding hydrogens is 386 g/mol. The van der Waals surface area contributed by atoms with Crippen molar-refractivity contribution in [1.82, 2.24) is 9.88 Å². The molecule has 0 aliphatic carbocycles. The molecule has 0 unspecified atom stereocenters. The third kappa shape index (κ3) is 7.95. The summed E-state index contributed by atoms with van der Waals surface area (Å²) in [5, 5.41) is 5.19. The SMILES string of the molecule is CCCCCc1ccc(C(=O)N(CCCOC)CC(=O)Nc2nc(C)cs2)cc1. The monoisotopic (exact) mass is 417 g/mol. The molecule has 0 saturated carbocycles. The Kier molecular flexibility index (Phi) is 9.80. The van der Waals surface area contributed by atoms with E-state index in [4.69, 9.17) is 4.74 Å². The van der Waals surface area contributed by atoms with Gasteiger partial charge in [0.15, 0.2) is 5.13 Å². The van der Waals surface area contributed by atoms with Gasteiger partial charge in [0.05, 0.1) is 5.69 Å². The van der Waals surface area contributed by atoms with E-state index in [1.807, 2.05) is 36.6 Å². The van der Waals surface area contributed by atoms with Gasteiger partial charge in [-0.2, -0.15) is 0 Å². The number of benzene rings is 1. The number of nitrogens with one attached hydrogen (secondary N) is 1. The standard InChI is InChI=1S/C22H31N3O3S/c1-4-5-6-8-18-9-11-19(12-10-18)21(27)25(13-7-14-28-3)15-20(26)24-22-23-17(2)16-29-22/h9-12,16H,4-8,13-15H2,1-3H3,(H,23,24,26). The molecular formula is C22H31N3O3S. The Morgan fingerprint density at radius 1 is 1.17 bits per heavy atom. The van der Waals surface area contributed by atoms with Gasteiger partial charge in [-0.05, 0) is 43.9 Å². The van der Waals surface area contributed by atoms with E-state index >= 15 is 0 Å². The molecule has 0 aliphatic rings. The van der Waals surface area contributed by atoms with Crippen molar-refractivity contribution in [3.63, 3.8) is 0 Å². The number of nitrogens with zero attached hydrogens (tertiary/aromatic N) is 2. The zero-order valence-electron chi connectivity index (χ0n) is 17.6. The van der Waals surface area contributed by atoms with E-state index in [1.54, 1.807) is 12.0 Å². The number of carbonyl (C=O) groups is 2. The molecule has 158 valence electrons. The number of hydrogen-bond donors (Lipinski definition) is 1. The lowest BCUT2D eigenvalue weighted by Gasteiger charge is -2.22. The minimum absolute atomic E-state index is 0.0145. The molecule has 0 spiro atoms. The summed E-state index contributed by atoms with van der Waals surface area (Å²) in [6, 6.07) is 7.73.